The molecule has 0 unspecified atom stereocenters. The van der Waals surface area contributed by atoms with Gasteiger partial charge in [-0.05, 0) is 60.9 Å². The maximum atomic E-state index is 13.0. The topological polar surface area (TPSA) is 52.8 Å². The van der Waals surface area contributed by atoms with Gasteiger partial charge in [0.05, 0.1) is 27.7 Å². The third-order valence-electron chi connectivity index (χ3n) is 4.70. The number of rotatable bonds is 4. The molecule has 0 amide bonds. The molecule has 0 aliphatic rings. The van der Waals surface area contributed by atoms with Crippen LogP contribution in [-0.4, -0.2) is 23.1 Å². The molecule has 5 nitrogen and oxygen atoms in total. The van der Waals surface area contributed by atoms with Crippen molar-refractivity contribution in [2.45, 2.75) is 13.8 Å². The van der Waals surface area contributed by atoms with Crippen molar-refractivity contribution >= 4 is 45.0 Å². The van der Waals surface area contributed by atoms with Crippen LogP contribution in [-0.2, 0) is 0 Å². The van der Waals surface area contributed by atoms with Crippen molar-refractivity contribution in [1.82, 2.24) is 9.38 Å². The van der Waals surface area contributed by atoms with Crippen molar-refractivity contribution in [1.29, 1.82) is 0 Å². The van der Waals surface area contributed by atoms with Crippen molar-refractivity contribution in [3.05, 3.63) is 60.9 Å². The summed E-state index contributed by atoms with van der Waals surface area (Å²) in [7, 11) is 1.52. The fourth-order valence-corrected chi connectivity index (χ4v) is 4.41. The second-order valence-corrected chi connectivity index (χ2v) is 8.01. The van der Waals surface area contributed by atoms with Gasteiger partial charge < -0.3 is 9.47 Å². The summed E-state index contributed by atoms with van der Waals surface area (Å²) in [4.78, 5) is 18.3. The van der Waals surface area contributed by atoms with Gasteiger partial charge in [0, 0.05) is 0 Å². The molecule has 0 saturated carbocycles. The van der Waals surface area contributed by atoms with Crippen molar-refractivity contribution in [3.8, 4) is 23.8 Å². The van der Waals surface area contributed by atoms with E-state index < -0.39 is 0 Å². The maximum Gasteiger partial charge on any atom is 0.274 e. The molecule has 4 rings (SSSR count). The predicted octanol–water partition coefficient (Wildman–Crippen LogP) is 3.75. The summed E-state index contributed by atoms with van der Waals surface area (Å²) in [6.07, 6.45) is 7.02. The van der Waals surface area contributed by atoms with Gasteiger partial charge in [0.15, 0.2) is 16.5 Å². The van der Waals surface area contributed by atoms with E-state index in [4.69, 9.17) is 27.5 Å². The van der Waals surface area contributed by atoms with Gasteiger partial charge in [-0.3, -0.25) is 4.79 Å². The Morgan fingerprint density at radius 2 is 2.03 bits per heavy atom. The first-order chi connectivity index (χ1) is 13.9. The number of hydrogen-bond donors (Lipinski definition) is 0. The molecule has 4 aromatic rings. The summed E-state index contributed by atoms with van der Waals surface area (Å²) in [5.41, 5.74) is 4.52. The zero-order chi connectivity index (χ0) is 20.7. The number of aryl methyl sites for hydroxylation is 2. The number of hydrogen-bond acceptors (Lipinski definition) is 5. The standard InChI is InChI=1S/C22H17ClN2O3S/c1-5-6-28-20-15(23)9-14(10-18(20)27-4)11-19-21(26)25-17-8-13(3)12(2)7-16(17)24-22(25)29-19/h1,7-11H,6H2,2-4H3/b19-11-. The number of methoxy groups -OCH3 is 1. The highest BCUT2D eigenvalue weighted by Crippen LogP contribution is 2.36. The highest BCUT2D eigenvalue weighted by molar-refractivity contribution is 7.15. The summed E-state index contributed by atoms with van der Waals surface area (Å²) in [5, 5.41) is 0.358. The molecule has 2 heterocycles. The molecule has 0 fully saturated rings. The van der Waals surface area contributed by atoms with E-state index in [0.29, 0.717) is 26.0 Å². The lowest BCUT2D eigenvalue weighted by Crippen LogP contribution is -2.22. The molecule has 2 aromatic heterocycles. The molecule has 7 heteroatoms. The fourth-order valence-electron chi connectivity index (χ4n) is 3.15. The van der Waals surface area contributed by atoms with E-state index in [1.165, 1.54) is 18.4 Å². The van der Waals surface area contributed by atoms with Crippen LogP contribution in [0.4, 0.5) is 0 Å². The largest absolute Gasteiger partial charge is 0.493 e. The summed E-state index contributed by atoms with van der Waals surface area (Å²) in [6, 6.07) is 7.47. The Morgan fingerprint density at radius 1 is 1.28 bits per heavy atom. The molecular weight excluding hydrogens is 408 g/mol. The minimum absolute atomic E-state index is 0.0813. The lowest BCUT2D eigenvalue weighted by atomic mass is 10.1. The molecule has 0 aliphatic heterocycles. The first-order valence-electron chi connectivity index (χ1n) is 8.80. The monoisotopic (exact) mass is 424 g/mol. The number of benzene rings is 2. The third-order valence-corrected chi connectivity index (χ3v) is 5.95. The van der Waals surface area contributed by atoms with Gasteiger partial charge in [0.25, 0.3) is 5.56 Å². The average molecular weight is 425 g/mol. The SMILES string of the molecule is C#CCOc1c(Cl)cc(/C=c2\sc3nc4cc(C)c(C)cc4n3c2=O)cc1OC. The van der Waals surface area contributed by atoms with Gasteiger partial charge in [0.1, 0.15) is 6.61 Å². The molecule has 0 spiro atoms. The number of halogens is 1. The molecule has 2 aromatic carbocycles. The van der Waals surface area contributed by atoms with E-state index in [2.05, 4.69) is 10.9 Å². The molecule has 0 aliphatic carbocycles. The quantitative estimate of drug-likeness (QED) is 0.468. The smallest absolute Gasteiger partial charge is 0.274 e. The van der Waals surface area contributed by atoms with Crippen molar-refractivity contribution in [3.63, 3.8) is 0 Å². The van der Waals surface area contributed by atoms with Gasteiger partial charge in [-0.1, -0.05) is 28.9 Å². The van der Waals surface area contributed by atoms with Crippen LogP contribution < -0.4 is 19.6 Å². The Labute approximate surface area is 176 Å². The number of terminal acetylenes is 1. The number of ether oxygens (including phenoxy) is 2. The lowest BCUT2D eigenvalue weighted by molar-refractivity contribution is 0.331. The second-order valence-electron chi connectivity index (χ2n) is 6.60. The number of aromatic nitrogens is 2. The van der Waals surface area contributed by atoms with Gasteiger partial charge in [-0.2, -0.15) is 0 Å². The zero-order valence-corrected chi connectivity index (χ0v) is 17.6. The fraction of sp³-hybridized carbons (Fsp3) is 0.182. The van der Waals surface area contributed by atoms with E-state index in [9.17, 15) is 4.79 Å². The second kappa shape index (κ2) is 7.43. The number of thiazole rings is 1. The molecule has 146 valence electrons. The van der Waals surface area contributed by atoms with Gasteiger partial charge in [-0.25, -0.2) is 9.38 Å². The van der Waals surface area contributed by atoms with Crippen LogP contribution >= 0.6 is 22.9 Å². The molecular formula is C22H17ClN2O3S. The number of fused-ring (bicyclic) bond motifs is 3. The molecule has 0 saturated heterocycles. The van der Waals surface area contributed by atoms with Crippen LogP contribution in [0.2, 0.25) is 5.02 Å². The minimum atomic E-state index is -0.112. The Bertz CT molecular complexity index is 1410. The molecule has 0 bridgehead atoms. The number of imidazole rings is 1. The molecule has 29 heavy (non-hydrogen) atoms. The normalized spacial score (nSPS) is 11.9. The van der Waals surface area contributed by atoms with E-state index in [1.54, 1.807) is 22.6 Å². The highest BCUT2D eigenvalue weighted by Gasteiger charge is 2.14. The Balaban J connectivity index is 1.88. The summed E-state index contributed by atoms with van der Waals surface area (Å²) >= 11 is 7.67. The minimum Gasteiger partial charge on any atom is -0.493 e. The Hall–Kier alpha value is -3.01. The van der Waals surface area contributed by atoms with Crippen LogP contribution in [0.5, 0.6) is 11.5 Å². The van der Waals surface area contributed by atoms with E-state index in [-0.39, 0.29) is 12.2 Å². The van der Waals surface area contributed by atoms with E-state index in [1.807, 2.05) is 26.0 Å². The van der Waals surface area contributed by atoms with Crippen molar-refractivity contribution in [2.24, 2.45) is 0 Å². The van der Waals surface area contributed by atoms with Gasteiger partial charge in [0.2, 0.25) is 0 Å². The lowest BCUT2D eigenvalue weighted by Gasteiger charge is -2.11. The summed E-state index contributed by atoms with van der Waals surface area (Å²) in [5.74, 6) is 3.22. The van der Waals surface area contributed by atoms with Crippen molar-refractivity contribution in [2.75, 3.05) is 13.7 Å². The van der Waals surface area contributed by atoms with Gasteiger partial charge >= 0.3 is 0 Å². The first-order valence-corrected chi connectivity index (χ1v) is 10.00. The zero-order valence-electron chi connectivity index (χ0n) is 16.1. The maximum absolute atomic E-state index is 13.0. The molecule has 0 atom stereocenters. The first kappa shape index (κ1) is 19.3. The predicted molar refractivity (Wildman–Crippen MR) is 117 cm³/mol. The average Bonchev–Trinajstić information content (AvgIpc) is 3.17. The van der Waals surface area contributed by atoms with Crippen LogP contribution in [0, 0.1) is 26.2 Å². The summed E-state index contributed by atoms with van der Waals surface area (Å²) < 4.78 is 13.0. The molecule has 0 N–H and O–H groups in total. The third kappa shape index (κ3) is 3.33. The van der Waals surface area contributed by atoms with E-state index in [0.717, 1.165) is 27.7 Å². The Kier molecular flexibility index (Phi) is 4.95. The van der Waals surface area contributed by atoms with Crippen LogP contribution in [0.3, 0.4) is 0 Å². The Morgan fingerprint density at radius 3 is 2.76 bits per heavy atom. The van der Waals surface area contributed by atoms with Gasteiger partial charge in [-0.15, -0.1) is 6.42 Å². The van der Waals surface area contributed by atoms with E-state index >= 15 is 0 Å². The summed E-state index contributed by atoms with van der Waals surface area (Å²) in [6.45, 7) is 4.14. The van der Waals surface area contributed by atoms with Crippen LogP contribution in [0.1, 0.15) is 16.7 Å². The van der Waals surface area contributed by atoms with Crippen LogP contribution in [0.25, 0.3) is 22.1 Å². The van der Waals surface area contributed by atoms with Crippen molar-refractivity contribution < 1.29 is 9.47 Å². The highest BCUT2D eigenvalue weighted by atomic mass is 35.5. The molecule has 0 radical (unpaired) electrons. The number of nitrogens with zero attached hydrogens (tertiary/aromatic N) is 2. The van der Waals surface area contributed by atoms with Crippen LogP contribution in [0.15, 0.2) is 29.1 Å².